The van der Waals surface area contributed by atoms with Gasteiger partial charge in [-0.05, 0) is 23.3 Å². The minimum absolute atomic E-state index is 0.0444. The van der Waals surface area contributed by atoms with Gasteiger partial charge in [-0.3, -0.25) is 9.59 Å². The van der Waals surface area contributed by atoms with Gasteiger partial charge in [0.1, 0.15) is 36.9 Å². The molecule has 0 spiro atoms. The van der Waals surface area contributed by atoms with Gasteiger partial charge in [-0.15, -0.1) is 0 Å². The quantitative estimate of drug-likeness (QED) is 0.251. The number of alkyl carbamates (subject to hydrolysis) is 1. The third-order valence-electron chi connectivity index (χ3n) is 6.18. The standard InChI is InChI=1S/C31H33NO8S/c1-21(33)36-20-26-28(39-22(2)34)27(32-31(35)38-19-24-14-8-4-9-15-24)29(37-18-23-12-6-3-7-13-23)30(40-26)41-25-16-10-5-11-17-25/h3-17,26-30H,18-20H2,1-2H3,(H,32,35)/t26?,27?,28-,29+,30-/m0/s1. The number of rotatable bonds is 11. The fourth-order valence-electron chi connectivity index (χ4n) is 4.33. The highest BCUT2D eigenvalue weighted by atomic mass is 32.2. The lowest BCUT2D eigenvalue weighted by molar-refractivity contribution is -0.204. The highest BCUT2D eigenvalue weighted by molar-refractivity contribution is 7.99. The van der Waals surface area contributed by atoms with Crippen LogP contribution in [0.1, 0.15) is 25.0 Å². The first kappa shape index (κ1) is 30.1. The number of hydrogen-bond acceptors (Lipinski definition) is 9. The lowest BCUT2D eigenvalue weighted by atomic mass is 9.96. The Kier molecular flexibility index (Phi) is 11.2. The molecule has 0 aromatic heterocycles. The molecule has 4 rings (SSSR count). The molecular formula is C31H33NO8S. The van der Waals surface area contributed by atoms with Gasteiger partial charge >= 0.3 is 18.0 Å². The van der Waals surface area contributed by atoms with Crippen molar-refractivity contribution in [2.75, 3.05) is 6.61 Å². The molecule has 41 heavy (non-hydrogen) atoms. The SMILES string of the molecule is CC(=O)OCC1O[C@@H](Sc2ccccc2)[C@H](OCc2ccccc2)C(NC(=O)OCc2ccccc2)[C@H]1OC(C)=O. The molecule has 216 valence electrons. The average Bonchev–Trinajstić information content (AvgIpc) is 2.97. The van der Waals surface area contributed by atoms with Gasteiger partial charge in [-0.25, -0.2) is 4.79 Å². The number of carbonyl (C=O) groups is 3. The third kappa shape index (κ3) is 9.34. The van der Waals surface area contributed by atoms with Gasteiger partial charge in [0.15, 0.2) is 6.10 Å². The van der Waals surface area contributed by atoms with Crippen LogP contribution < -0.4 is 5.32 Å². The lowest BCUT2D eigenvalue weighted by Gasteiger charge is -2.45. The monoisotopic (exact) mass is 579 g/mol. The van der Waals surface area contributed by atoms with E-state index in [1.54, 1.807) is 0 Å². The maximum atomic E-state index is 13.1. The first-order chi connectivity index (χ1) is 19.9. The average molecular weight is 580 g/mol. The molecule has 1 heterocycles. The van der Waals surface area contributed by atoms with Crippen molar-refractivity contribution < 1.29 is 38.1 Å². The van der Waals surface area contributed by atoms with Crippen molar-refractivity contribution >= 4 is 29.8 Å². The van der Waals surface area contributed by atoms with Gasteiger partial charge in [-0.2, -0.15) is 0 Å². The summed E-state index contributed by atoms with van der Waals surface area (Å²) in [6.45, 7) is 2.60. The Hall–Kier alpha value is -3.86. The van der Waals surface area contributed by atoms with Crippen molar-refractivity contribution in [3.05, 3.63) is 102 Å². The van der Waals surface area contributed by atoms with Gasteiger partial charge in [0, 0.05) is 18.7 Å². The first-order valence-corrected chi connectivity index (χ1v) is 14.1. The predicted octanol–water partition coefficient (Wildman–Crippen LogP) is 4.88. The molecule has 1 aliphatic heterocycles. The van der Waals surface area contributed by atoms with Crippen LogP contribution in [0.2, 0.25) is 0 Å². The zero-order valence-electron chi connectivity index (χ0n) is 22.8. The normalized spacial score (nSPS) is 21.9. The molecule has 0 aliphatic carbocycles. The van der Waals surface area contributed by atoms with Crippen LogP contribution in [0.3, 0.4) is 0 Å². The number of ether oxygens (including phenoxy) is 5. The summed E-state index contributed by atoms with van der Waals surface area (Å²) in [6.07, 6.45) is -3.44. The van der Waals surface area contributed by atoms with Crippen molar-refractivity contribution in [2.24, 2.45) is 0 Å². The van der Waals surface area contributed by atoms with E-state index in [-0.39, 0.29) is 19.8 Å². The van der Waals surface area contributed by atoms with Crippen LogP contribution in [0.25, 0.3) is 0 Å². The maximum Gasteiger partial charge on any atom is 0.407 e. The number of amides is 1. The smallest absolute Gasteiger partial charge is 0.407 e. The Labute approximate surface area is 243 Å². The number of nitrogens with one attached hydrogen (secondary N) is 1. The second-order valence-electron chi connectivity index (χ2n) is 9.34. The Bertz CT molecular complexity index is 1260. The van der Waals surface area contributed by atoms with Gasteiger partial charge in [-0.1, -0.05) is 90.6 Å². The fraction of sp³-hybridized carbons (Fsp3) is 0.323. The van der Waals surface area contributed by atoms with Crippen LogP contribution in [-0.4, -0.2) is 54.4 Å². The van der Waals surface area contributed by atoms with E-state index in [4.69, 9.17) is 23.7 Å². The van der Waals surface area contributed by atoms with Crippen molar-refractivity contribution in [3.63, 3.8) is 0 Å². The Morgan fingerprint density at radius 3 is 1.93 bits per heavy atom. The largest absolute Gasteiger partial charge is 0.463 e. The minimum Gasteiger partial charge on any atom is -0.463 e. The Balaban J connectivity index is 1.64. The van der Waals surface area contributed by atoms with Crippen LogP contribution in [0.15, 0.2) is 95.9 Å². The highest BCUT2D eigenvalue weighted by Crippen LogP contribution is 2.36. The number of benzene rings is 3. The van der Waals surface area contributed by atoms with E-state index in [0.29, 0.717) is 0 Å². The van der Waals surface area contributed by atoms with Gasteiger partial charge < -0.3 is 29.0 Å². The molecule has 0 bridgehead atoms. The molecule has 2 unspecified atom stereocenters. The van der Waals surface area contributed by atoms with E-state index < -0.39 is 47.8 Å². The Morgan fingerprint density at radius 2 is 1.34 bits per heavy atom. The van der Waals surface area contributed by atoms with Crippen LogP contribution in [0.5, 0.6) is 0 Å². The van der Waals surface area contributed by atoms with Crippen molar-refractivity contribution in [3.8, 4) is 0 Å². The van der Waals surface area contributed by atoms with E-state index >= 15 is 0 Å². The second kappa shape index (κ2) is 15.2. The summed E-state index contributed by atoms with van der Waals surface area (Å²) in [5, 5.41) is 2.87. The van der Waals surface area contributed by atoms with Gasteiger partial charge in [0.2, 0.25) is 0 Å². The third-order valence-corrected chi connectivity index (χ3v) is 7.34. The van der Waals surface area contributed by atoms with E-state index in [2.05, 4.69) is 5.32 Å². The predicted molar refractivity (Wildman–Crippen MR) is 152 cm³/mol. The van der Waals surface area contributed by atoms with Gasteiger partial charge in [0.05, 0.1) is 6.61 Å². The number of thioether (sulfide) groups is 1. The zero-order chi connectivity index (χ0) is 29.0. The number of esters is 2. The summed E-state index contributed by atoms with van der Waals surface area (Å²) in [4.78, 5) is 37.9. The molecule has 3 aromatic rings. The second-order valence-corrected chi connectivity index (χ2v) is 10.5. The van der Waals surface area contributed by atoms with Crippen LogP contribution in [0.4, 0.5) is 4.79 Å². The van der Waals surface area contributed by atoms with E-state index in [0.717, 1.165) is 16.0 Å². The van der Waals surface area contributed by atoms with E-state index in [9.17, 15) is 14.4 Å². The minimum atomic E-state index is -1.04. The molecule has 1 saturated heterocycles. The maximum absolute atomic E-state index is 13.1. The molecule has 1 aliphatic rings. The number of hydrogen-bond donors (Lipinski definition) is 1. The topological polar surface area (TPSA) is 109 Å². The molecule has 9 nitrogen and oxygen atoms in total. The molecule has 1 fully saturated rings. The summed E-state index contributed by atoms with van der Waals surface area (Å²) in [5.41, 5.74) is 1.05. The van der Waals surface area contributed by atoms with Crippen LogP contribution >= 0.6 is 11.8 Å². The summed E-state index contributed by atoms with van der Waals surface area (Å²) in [6, 6.07) is 27.5. The zero-order valence-corrected chi connectivity index (χ0v) is 23.7. The van der Waals surface area contributed by atoms with Crippen molar-refractivity contribution in [1.29, 1.82) is 0 Å². The lowest BCUT2D eigenvalue weighted by Crippen LogP contribution is -2.65. The summed E-state index contributed by atoms with van der Waals surface area (Å²) in [7, 11) is 0. The Morgan fingerprint density at radius 1 is 0.756 bits per heavy atom. The van der Waals surface area contributed by atoms with Crippen molar-refractivity contribution in [1.82, 2.24) is 5.32 Å². The molecule has 3 aromatic carbocycles. The summed E-state index contributed by atoms with van der Waals surface area (Å²) < 4.78 is 29.2. The molecule has 5 atom stereocenters. The van der Waals surface area contributed by atoms with Crippen LogP contribution in [-0.2, 0) is 46.5 Å². The fourth-order valence-corrected chi connectivity index (χ4v) is 5.49. The molecule has 10 heteroatoms. The van der Waals surface area contributed by atoms with E-state index in [1.165, 1.54) is 25.6 Å². The summed E-state index contributed by atoms with van der Waals surface area (Å²) >= 11 is 1.39. The molecule has 0 radical (unpaired) electrons. The van der Waals surface area contributed by atoms with E-state index in [1.807, 2.05) is 91.0 Å². The van der Waals surface area contributed by atoms with Gasteiger partial charge in [0.25, 0.3) is 0 Å². The first-order valence-electron chi connectivity index (χ1n) is 13.2. The highest BCUT2D eigenvalue weighted by Gasteiger charge is 2.50. The van der Waals surface area contributed by atoms with Crippen molar-refractivity contribution in [2.45, 2.75) is 61.7 Å². The molecule has 1 N–H and O–H groups in total. The van der Waals surface area contributed by atoms with Crippen LogP contribution in [0, 0.1) is 0 Å². The molecular weight excluding hydrogens is 546 g/mol. The molecule has 1 amide bonds. The summed E-state index contributed by atoms with van der Waals surface area (Å²) in [5.74, 6) is -1.11. The number of carbonyl (C=O) groups excluding carboxylic acids is 3. The molecule has 0 saturated carbocycles.